The van der Waals surface area contributed by atoms with Gasteiger partial charge in [0.1, 0.15) is 0 Å². The molecule has 118 valence electrons. The third kappa shape index (κ3) is 5.44. The summed E-state index contributed by atoms with van der Waals surface area (Å²) in [6.45, 7) is 2.27. The van der Waals surface area contributed by atoms with Crippen molar-refractivity contribution in [3.63, 3.8) is 0 Å². The lowest BCUT2D eigenvalue weighted by atomic mass is 9.97. The predicted octanol–water partition coefficient (Wildman–Crippen LogP) is 4.30. The Kier molecular flexibility index (Phi) is 7.25. The summed E-state index contributed by atoms with van der Waals surface area (Å²) in [7, 11) is 0. The molecule has 0 saturated carbocycles. The molecule has 0 radical (unpaired) electrons. The van der Waals surface area contributed by atoms with E-state index in [2.05, 4.69) is 30.5 Å². The number of rotatable bonds is 10. The molecule has 1 aromatic carbocycles. The van der Waals surface area contributed by atoms with E-state index in [0.717, 1.165) is 6.42 Å². The number of hydrazine groups is 1. The average molecular weight is 288 g/mol. The third-order valence-corrected chi connectivity index (χ3v) is 4.79. The minimum absolute atomic E-state index is 0.427. The molecule has 0 heterocycles. The van der Waals surface area contributed by atoms with Gasteiger partial charge in [0.2, 0.25) is 0 Å². The maximum Gasteiger partial charge on any atom is 0.0250 e. The lowest BCUT2D eigenvalue weighted by Crippen LogP contribution is -2.36. The first kappa shape index (κ1) is 16.5. The van der Waals surface area contributed by atoms with Crippen molar-refractivity contribution in [3.8, 4) is 0 Å². The van der Waals surface area contributed by atoms with Gasteiger partial charge in [-0.1, -0.05) is 63.6 Å². The molecule has 1 atom stereocenters. The van der Waals surface area contributed by atoms with Gasteiger partial charge >= 0.3 is 0 Å². The van der Waals surface area contributed by atoms with Crippen molar-refractivity contribution in [2.75, 3.05) is 0 Å². The molecule has 0 fully saturated rings. The Morgan fingerprint density at radius 2 is 1.81 bits per heavy atom. The molecular formula is C19H32N2. The highest BCUT2D eigenvalue weighted by molar-refractivity contribution is 5.35. The van der Waals surface area contributed by atoms with Crippen LogP contribution in [0.2, 0.25) is 0 Å². The Bertz CT molecular complexity index is 414. The molecule has 0 amide bonds. The Hall–Kier alpha value is -0.860. The number of fused-ring (bicyclic) bond motifs is 1. The van der Waals surface area contributed by atoms with E-state index in [0.29, 0.717) is 6.04 Å². The van der Waals surface area contributed by atoms with Gasteiger partial charge in [-0.15, -0.1) is 0 Å². The van der Waals surface area contributed by atoms with E-state index in [9.17, 15) is 0 Å². The Morgan fingerprint density at radius 1 is 1.05 bits per heavy atom. The van der Waals surface area contributed by atoms with Gasteiger partial charge < -0.3 is 0 Å². The van der Waals surface area contributed by atoms with Crippen LogP contribution in [0.3, 0.4) is 0 Å². The van der Waals surface area contributed by atoms with Crippen molar-refractivity contribution < 1.29 is 0 Å². The molecule has 1 unspecified atom stereocenters. The lowest BCUT2D eigenvalue weighted by Gasteiger charge is -2.16. The first-order chi connectivity index (χ1) is 10.3. The minimum Gasteiger partial charge on any atom is -0.271 e. The fourth-order valence-corrected chi connectivity index (χ4v) is 3.45. The fourth-order valence-electron chi connectivity index (χ4n) is 3.45. The topological polar surface area (TPSA) is 38.0 Å². The quantitative estimate of drug-likeness (QED) is 0.383. The SMILES string of the molecule is CCCCCCCCC(Cc1ccc2c(c1)CCC2)NN. The van der Waals surface area contributed by atoms with Crippen LogP contribution in [-0.2, 0) is 19.3 Å². The zero-order valence-corrected chi connectivity index (χ0v) is 13.7. The molecule has 21 heavy (non-hydrogen) atoms. The van der Waals surface area contributed by atoms with Crippen LogP contribution in [0.5, 0.6) is 0 Å². The van der Waals surface area contributed by atoms with Gasteiger partial charge in [0.15, 0.2) is 0 Å². The molecular weight excluding hydrogens is 256 g/mol. The smallest absolute Gasteiger partial charge is 0.0250 e. The molecule has 0 aromatic heterocycles. The van der Waals surface area contributed by atoms with Crippen LogP contribution in [-0.4, -0.2) is 6.04 Å². The van der Waals surface area contributed by atoms with Gasteiger partial charge in [0.05, 0.1) is 0 Å². The number of unbranched alkanes of at least 4 members (excludes halogenated alkanes) is 5. The maximum absolute atomic E-state index is 5.75. The van der Waals surface area contributed by atoms with Crippen molar-refractivity contribution in [2.24, 2.45) is 5.84 Å². The van der Waals surface area contributed by atoms with Crippen LogP contribution < -0.4 is 11.3 Å². The number of hydrogen-bond acceptors (Lipinski definition) is 2. The monoisotopic (exact) mass is 288 g/mol. The summed E-state index contributed by atoms with van der Waals surface area (Å²) in [5, 5.41) is 0. The van der Waals surface area contributed by atoms with Crippen LogP contribution in [0.4, 0.5) is 0 Å². The summed E-state index contributed by atoms with van der Waals surface area (Å²) in [5.74, 6) is 5.75. The lowest BCUT2D eigenvalue weighted by molar-refractivity contribution is 0.459. The number of aryl methyl sites for hydroxylation is 2. The van der Waals surface area contributed by atoms with Gasteiger partial charge in [-0.05, 0) is 48.8 Å². The summed E-state index contributed by atoms with van der Waals surface area (Å²) in [4.78, 5) is 0. The molecule has 0 aliphatic heterocycles. The van der Waals surface area contributed by atoms with Gasteiger partial charge in [0.25, 0.3) is 0 Å². The summed E-state index contributed by atoms with van der Waals surface area (Å²) in [6, 6.07) is 7.47. The summed E-state index contributed by atoms with van der Waals surface area (Å²) >= 11 is 0. The second kappa shape index (κ2) is 9.22. The van der Waals surface area contributed by atoms with Crippen molar-refractivity contribution in [3.05, 3.63) is 34.9 Å². The van der Waals surface area contributed by atoms with Crippen LogP contribution in [0, 0.1) is 0 Å². The standard InChI is InChI=1S/C19H32N2/c1-2-3-4-5-6-7-11-19(21-20)15-16-12-13-17-9-8-10-18(17)14-16/h12-14,19,21H,2-11,15,20H2,1H3. The third-order valence-electron chi connectivity index (χ3n) is 4.79. The summed E-state index contributed by atoms with van der Waals surface area (Å²) in [5.41, 5.74) is 7.60. The number of nitrogens with one attached hydrogen (secondary N) is 1. The van der Waals surface area contributed by atoms with Gasteiger partial charge in [-0.3, -0.25) is 11.3 Å². The van der Waals surface area contributed by atoms with Gasteiger partial charge in [-0.2, -0.15) is 0 Å². The van der Waals surface area contributed by atoms with E-state index in [-0.39, 0.29) is 0 Å². The van der Waals surface area contributed by atoms with E-state index in [1.165, 1.54) is 69.8 Å². The second-order valence-electron chi connectivity index (χ2n) is 6.58. The Labute approximate surface area is 130 Å². The molecule has 0 spiro atoms. The maximum atomic E-state index is 5.75. The molecule has 2 heteroatoms. The molecule has 2 nitrogen and oxygen atoms in total. The van der Waals surface area contributed by atoms with Crippen molar-refractivity contribution in [1.29, 1.82) is 0 Å². The van der Waals surface area contributed by atoms with E-state index in [4.69, 9.17) is 5.84 Å². The highest BCUT2D eigenvalue weighted by atomic mass is 15.2. The molecule has 3 N–H and O–H groups in total. The Balaban J connectivity index is 1.71. The zero-order valence-electron chi connectivity index (χ0n) is 13.7. The molecule has 0 bridgehead atoms. The summed E-state index contributed by atoms with van der Waals surface area (Å²) in [6.07, 6.45) is 14.2. The predicted molar refractivity (Wildman–Crippen MR) is 91.3 cm³/mol. The minimum atomic E-state index is 0.427. The second-order valence-corrected chi connectivity index (χ2v) is 6.58. The fraction of sp³-hybridized carbons (Fsp3) is 0.684. The zero-order chi connectivity index (χ0) is 14.9. The van der Waals surface area contributed by atoms with E-state index >= 15 is 0 Å². The van der Waals surface area contributed by atoms with Crippen LogP contribution in [0.25, 0.3) is 0 Å². The highest BCUT2D eigenvalue weighted by Gasteiger charge is 2.13. The van der Waals surface area contributed by atoms with Crippen LogP contribution in [0.15, 0.2) is 18.2 Å². The Morgan fingerprint density at radius 3 is 2.62 bits per heavy atom. The van der Waals surface area contributed by atoms with Crippen LogP contribution >= 0.6 is 0 Å². The first-order valence-corrected chi connectivity index (χ1v) is 8.90. The van der Waals surface area contributed by atoms with Crippen molar-refractivity contribution in [2.45, 2.75) is 83.6 Å². The molecule has 1 aromatic rings. The summed E-state index contributed by atoms with van der Waals surface area (Å²) < 4.78 is 0. The molecule has 2 rings (SSSR count). The van der Waals surface area contributed by atoms with Crippen molar-refractivity contribution >= 4 is 0 Å². The highest BCUT2D eigenvalue weighted by Crippen LogP contribution is 2.23. The first-order valence-electron chi connectivity index (χ1n) is 8.90. The molecule has 1 aliphatic rings. The van der Waals surface area contributed by atoms with E-state index in [1.807, 2.05) is 0 Å². The van der Waals surface area contributed by atoms with Crippen molar-refractivity contribution in [1.82, 2.24) is 5.43 Å². The van der Waals surface area contributed by atoms with Crippen LogP contribution in [0.1, 0.15) is 75.0 Å². The van der Waals surface area contributed by atoms with E-state index < -0.39 is 0 Å². The molecule has 1 aliphatic carbocycles. The van der Waals surface area contributed by atoms with Gasteiger partial charge in [-0.25, -0.2) is 0 Å². The molecule has 0 saturated heterocycles. The average Bonchev–Trinajstić information content (AvgIpc) is 2.97. The normalized spacial score (nSPS) is 15.1. The number of nitrogens with two attached hydrogens (primary N) is 1. The van der Waals surface area contributed by atoms with Gasteiger partial charge in [0, 0.05) is 6.04 Å². The number of benzene rings is 1. The largest absolute Gasteiger partial charge is 0.271 e. The van der Waals surface area contributed by atoms with E-state index in [1.54, 1.807) is 11.1 Å². The number of hydrogen-bond donors (Lipinski definition) is 2.